The van der Waals surface area contributed by atoms with Gasteiger partial charge in [-0.15, -0.1) is 0 Å². The number of aromatic nitrogens is 1. The van der Waals surface area contributed by atoms with E-state index in [4.69, 9.17) is 15.0 Å². The zero-order chi connectivity index (χ0) is 11.7. The van der Waals surface area contributed by atoms with E-state index in [-0.39, 0.29) is 0 Å². The number of rotatable bonds is 2. The fraction of sp³-hybridized carbons (Fsp3) is 0.167. The van der Waals surface area contributed by atoms with Crippen molar-refractivity contribution < 1.29 is 9.26 Å². The van der Waals surface area contributed by atoms with Gasteiger partial charge >= 0.3 is 0 Å². The smallest absolute Gasteiger partial charge is 0.229 e. The van der Waals surface area contributed by atoms with Crippen LogP contribution in [0.4, 0.5) is 5.88 Å². The lowest BCUT2D eigenvalue weighted by atomic mass is 10.1. The fourth-order valence-corrected chi connectivity index (χ4v) is 1.77. The third kappa shape index (κ3) is 1.75. The van der Waals surface area contributed by atoms with Gasteiger partial charge in [-0.1, -0.05) is 17.3 Å². The van der Waals surface area contributed by atoms with Crippen LogP contribution < -0.4 is 5.73 Å². The molecular weight excluding hydrogens is 218 g/mol. The number of nitrogen functional groups attached to an aromatic ring is 1. The molecule has 0 aliphatic carbocycles. The third-order valence-electron chi connectivity index (χ3n) is 2.63. The number of nitrogens with zero attached hydrogens (tertiary/aromatic N) is 2. The first-order valence-electron chi connectivity index (χ1n) is 5.33. The van der Waals surface area contributed by atoms with Gasteiger partial charge in [0.2, 0.25) is 11.8 Å². The van der Waals surface area contributed by atoms with Crippen LogP contribution in [-0.4, -0.2) is 24.2 Å². The minimum absolute atomic E-state index is 0.326. The number of hydrogen-bond donors (Lipinski definition) is 1. The summed E-state index contributed by atoms with van der Waals surface area (Å²) in [4.78, 5) is 4.25. The minimum atomic E-state index is 0.326. The van der Waals surface area contributed by atoms with Crippen molar-refractivity contribution in [1.82, 2.24) is 5.16 Å². The van der Waals surface area contributed by atoms with Gasteiger partial charge in [-0.2, -0.15) is 0 Å². The number of benzene rings is 1. The second kappa shape index (κ2) is 3.93. The highest BCUT2D eigenvalue weighted by atomic mass is 16.5. The van der Waals surface area contributed by atoms with Crippen molar-refractivity contribution in [2.45, 2.75) is 0 Å². The molecule has 0 bridgehead atoms. The van der Waals surface area contributed by atoms with Crippen LogP contribution in [0.5, 0.6) is 0 Å². The van der Waals surface area contributed by atoms with E-state index in [0.29, 0.717) is 18.4 Å². The van der Waals surface area contributed by atoms with Crippen molar-refractivity contribution in [2.24, 2.45) is 4.99 Å². The molecule has 2 heterocycles. The monoisotopic (exact) mass is 229 g/mol. The highest BCUT2D eigenvalue weighted by molar-refractivity contribution is 5.95. The summed E-state index contributed by atoms with van der Waals surface area (Å²) in [5, 5.41) is 3.65. The first-order valence-corrected chi connectivity index (χ1v) is 5.33. The van der Waals surface area contributed by atoms with Crippen molar-refractivity contribution in [3.8, 4) is 11.1 Å². The van der Waals surface area contributed by atoms with Gasteiger partial charge in [0.1, 0.15) is 6.61 Å². The predicted octanol–water partition coefficient (Wildman–Crippen LogP) is 1.70. The lowest BCUT2D eigenvalue weighted by molar-refractivity contribution is 0.348. The van der Waals surface area contributed by atoms with E-state index >= 15 is 0 Å². The van der Waals surface area contributed by atoms with Gasteiger partial charge in [0, 0.05) is 5.56 Å². The molecule has 5 nitrogen and oxygen atoms in total. The maximum Gasteiger partial charge on any atom is 0.229 e. The molecule has 1 aliphatic heterocycles. The normalized spacial score (nSPS) is 14.5. The second-order valence-electron chi connectivity index (χ2n) is 3.72. The van der Waals surface area contributed by atoms with Crippen molar-refractivity contribution in [3.63, 3.8) is 0 Å². The van der Waals surface area contributed by atoms with Gasteiger partial charge in [-0.3, -0.25) is 0 Å². The van der Waals surface area contributed by atoms with Crippen molar-refractivity contribution in [2.75, 3.05) is 18.9 Å². The Kier molecular flexibility index (Phi) is 2.29. The molecule has 86 valence electrons. The van der Waals surface area contributed by atoms with Gasteiger partial charge in [-0.25, -0.2) is 4.99 Å². The lowest BCUT2D eigenvalue weighted by Crippen LogP contribution is -2.00. The van der Waals surface area contributed by atoms with E-state index < -0.39 is 0 Å². The molecule has 1 aliphatic rings. The second-order valence-corrected chi connectivity index (χ2v) is 3.72. The molecule has 0 spiro atoms. The highest BCUT2D eigenvalue weighted by Gasteiger charge is 2.11. The largest absolute Gasteiger partial charge is 0.476 e. The van der Waals surface area contributed by atoms with E-state index in [2.05, 4.69) is 10.1 Å². The lowest BCUT2D eigenvalue weighted by Gasteiger charge is -2.03. The molecule has 2 aromatic rings. The number of hydrogen-bond acceptors (Lipinski definition) is 5. The summed E-state index contributed by atoms with van der Waals surface area (Å²) >= 11 is 0. The van der Waals surface area contributed by atoms with Gasteiger partial charge in [0.25, 0.3) is 0 Å². The standard InChI is InChI=1S/C12H11N3O2/c13-11-10(7-15-17-11)8-1-3-9(4-2-8)12-14-5-6-16-12/h1-4,7H,5-6,13H2. The number of nitrogens with two attached hydrogens (primary N) is 1. The molecule has 0 saturated carbocycles. The molecule has 17 heavy (non-hydrogen) atoms. The Balaban J connectivity index is 1.93. The molecule has 0 amide bonds. The van der Waals surface area contributed by atoms with Crippen LogP contribution in [0.15, 0.2) is 40.0 Å². The third-order valence-corrected chi connectivity index (χ3v) is 2.63. The Morgan fingerprint density at radius 3 is 2.47 bits per heavy atom. The number of anilines is 1. The molecule has 0 unspecified atom stereocenters. The van der Waals surface area contributed by atoms with Gasteiger partial charge < -0.3 is 15.0 Å². The van der Waals surface area contributed by atoms with Gasteiger partial charge in [0.15, 0.2) is 0 Å². The summed E-state index contributed by atoms with van der Waals surface area (Å²) in [5.74, 6) is 1.03. The van der Waals surface area contributed by atoms with E-state index in [1.165, 1.54) is 0 Å². The summed E-state index contributed by atoms with van der Waals surface area (Å²) in [5.41, 5.74) is 8.39. The molecule has 3 rings (SSSR count). The Hall–Kier alpha value is -2.30. The van der Waals surface area contributed by atoms with E-state index in [0.717, 1.165) is 23.2 Å². The summed E-state index contributed by atoms with van der Waals surface area (Å²) < 4.78 is 10.2. The van der Waals surface area contributed by atoms with E-state index in [9.17, 15) is 0 Å². The zero-order valence-electron chi connectivity index (χ0n) is 9.09. The van der Waals surface area contributed by atoms with Crippen LogP contribution in [0.2, 0.25) is 0 Å². The van der Waals surface area contributed by atoms with Crippen molar-refractivity contribution in [1.29, 1.82) is 0 Å². The molecule has 2 N–H and O–H groups in total. The van der Waals surface area contributed by atoms with Crippen LogP contribution >= 0.6 is 0 Å². The van der Waals surface area contributed by atoms with Gasteiger partial charge in [-0.05, 0) is 17.7 Å². The Bertz CT molecular complexity index is 557. The van der Waals surface area contributed by atoms with Crippen LogP contribution in [-0.2, 0) is 4.74 Å². The Labute approximate surface area is 97.9 Å². The molecular formula is C12H11N3O2. The number of aliphatic imine (C=N–C) groups is 1. The maximum atomic E-state index is 5.66. The van der Waals surface area contributed by atoms with Crippen molar-refractivity contribution in [3.05, 3.63) is 36.0 Å². The average molecular weight is 229 g/mol. The summed E-state index contributed by atoms with van der Waals surface area (Å²) in [7, 11) is 0. The predicted molar refractivity (Wildman–Crippen MR) is 63.7 cm³/mol. The van der Waals surface area contributed by atoms with Crippen LogP contribution in [0.25, 0.3) is 11.1 Å². The minimum Gasteiger partial charge on any atom is -0.476 e. The summed E-state index contributed by atoms with van der Waals surface area (Å²) in [6, 6.07) is 7.79. The maximum absolute atomic E-state index is 5.66. The molecule has 1 aromatic carbocycles. The molecule has 0 radical (unpaired) electrons. The number of ether oxygens (including phenoxy) is 1. The van der Waals surface area contributed by atoms with E-state index in [1.54, 1.807) is 6.20 Å². The Morgan fingerprint density at radius 2 is 1.88 bits per heavy atom. The average Bonchev–Trinajstić information content (AvgIpc) is 3.00. The highest BCUT2D eigenvalue weighted by Crippen LogP contribution is 2.25. The SMILES string of the molecule is Nc1oncc1-c1ccc(C2=NCCO2)cc1. The molecule has 5 heteroatoms. The summed E-state index contributed by atoms with van der Waals surface area (Å²) in [6.07, 6.45) is 1.61. The molecule has 0 fully saturated rings. The zero-order valence-corrected chi connectivity index (χ0v) is 9.09. The first kappa shape index (κ1) is 9.89. The van der Waals surface area contributed by atoms with Crippen LogP contribution in [0.3, 0.4) is 0 Å². The topological polar surface area (TPSA) is 73.6 Å². The summed E-state index contributed by atoms with van der Waals surface area (Å²) in [6.45, 7) is 1.39. The van der Waals surface area contributed by atoms with Crippen LogP contribution in [0, 0.1) is 0 Å². The first-order chi connectivity index (χ1) is 8.34. The fourth-order valence-electron chi connectivity index (χ4n) is 1.77. The molecule has 0 atom stereocenters. The Morgan fingerprint density at radius 1 is 1.12 bits per heavy atom. The van der Waals surface area contributed by atoms with Crippen molar-refractivity contribution >= 4 is 11.8 Å². The molecule has 0 saturated heterocycles. The van der Waals surface area contributed by atoms with Crippen LogP contribution in [0.1, 0.15) is 5.56 Å². The van der Waals surface area contributed by atoms with Gasteiger partial charge in [0.05, 0.1) is 18.3 Å². The quantitative estimate of drug-likeness (QED) is 0.850. The van der Waals surface area contributed by atoms with E-state index in [1.807, 2.05) is 24.3 Å². The molecule has 1 aromatic heterocycles.